The molecule has 2 aromatic carbocycles. The molecule has 0 bridgehead atoms. The van der Waals surface area contributed by atoms with Crippen LogP contribution in [0.25, 0.3) is 10.2 Å². The predicted octanol–water partition coefficient (Wildman–Crippen LogP) is 4.03. The van der Waals surface area contributed by atoms with Crippen molar-refractivity contribution >= 4 is 49.1 Å². The number of hydrogen-bond acceptors (Lipinski definition) is 5. The molecule has 1 heterocycles. The van der Waals surface area contributed by atoms with Crippen LogP contribution in [-0.2, 0) is 10.0 Å². The van der Waals surface area contributed by atoms with Crippen LogP contribution in [-0.4, -0.2) is 49.7 Å². The van der Waals surface area contributed by atoms with E-state index in [1.165, 1.54) is 48.5 Å². The lowest BCUT2D eigenvalue weighted by Crippen LogP contribution is -2.30. The van der Waals surface area contributed by atoms with Crippen molar-refractivity contribution in [1.29, 1.82) is 0 Å². The minimum atomic E-state index is -3.67. The van der Waals surface area contributed by atoms with Gasteiger partial charge in [-0.25, -0.2) is 17.7 Å². The van der Waals surface area contributed by atoms with E-state index in [2.05, 4.69) is 4.98 Å². The van der Waals surface area contributed by atoms with Crippen molar-refractivity contribution in [3.63, 3.8) is 0 Å². The lowest BCUT2D eigenvalue weighted by Gasteiger charge is -2.24. The zero-order valence-electron chi connectivity index (χ0n) is 15.9. The van der Waals surface area contributed by atoms with Gasteiger partial charge in [0.05, 0.1) is 31.7 Å². The third-order valence-electron chi connectivity index (χ3n) is 4.52. The molecule has 0 saturated heterocycles. The standard InChI is InChI=1S/C19H20ClN3O3S2/c1-12(18-21-16-7-5-6-8-17(16)27-18)23(4)19(24)14-11-13(9-10-15(14)20)28(25,26)22(2)3/h5-12H,1-4H3/t12-/m0/s1. The summed E-state index contributed by atoms with van der Waals surface area (Å²) in [5.74, 6) is -0.368. The Labute approximate surface area is 173 Å². The Balaban J connectivity index is 1.94. The Morgan fingerprint density at radius 1 is 1.14 bits per heavy atom. The van der Waals surface area contributed by atoms with Crippen molar-refractivity contribution in [3.05, 3.63) is 58.1 Å². The first-order chi connectivity index (χ1) is 13.1. The van der Waals surface area contributed by atoms with Crippen LogP contribution in [0.1, 0.15) is 28.3 Å². The molecule has 3 rings (SSSR count). The fraction of sp³-hybridized carbons (Fsp3) is 0.263. The van der Waals surface area contributed by atoms with E-state index in [0.717, 1.165) is 19.5 Å². The van der Waals surface area contributed by atoms with E-state index in [-0.39, 0.29) is 27.4 Å². The van der Waals surface area contributed by atoms with Crippen molar-refractivity contribution in [1.82, 2.24) is 14.2 Å². The maximum Gasteiger partial charge on any atom is 0.255 e. The highest BCUT2D eigenvalue weighted by Crippen LogP contribution is 2.31. The van der Waals surface area contributed by atoms with Gasteiger partial charge < -0.3 is 4.90 Å². The second-order valence-electron chi connectivity index (χ2n) is 6.54. The van der Waals surface area contributed by atoms with E-state index in [0.29, 0.717) is 0 Å². The molecule has 0 radical (unpaired) electrons. The zero-order chi connectivity index (χ0) is 20.6. The van der Waals surface area contributed by atoms with Gasteiger partial charge in [0.25, 0.3) is 5.91 Å². The summed E-state index contributed by atoms with van der Waals surface area (Å²) in [4.78, 5) is 19.2. The van der Waals surface area contributed by atoms with E-state index < -0.39 is 10.0 Å². The maximum atomic E-state index is 13.1. The molecule has 1 atom stereocenters. The quantitative estimate of drug-likeness (QED) is 0.604. The molecule has 0 aliphatic carbocycles. The van der Waals surface area contributed by atoms with Crippen molar-refractivity contribution in [2.45, 2.75) is 17.9 Å². The largest absolute Gasteiger partial charge is 0.332 e. The monoisotopic (exact) mass is 437 g/mol. The zero-order valence-corrected chi connectivity index (χ0v) is 18.3. The summed E-state index contributed by atoms with van der Waals surface area (Å²) in [5.41, 5.74) is 1.02. The third-order valence-corrected chi connectivity index (χ3v) is 7.86. The predicted molar refractivity (Wildman–Crippen MR) is 112 cm³/mol. The summed E-state index contributed by atoms with van der Waals surface area (Å²) in [6.07, 6.45) is 0. The number of carbonyl (C=O) groups is 1. The topological polar surface area (TPSA) is 70.6 Å². The average Bonchev–Trinajstić information content (AvgIpc) is 3.10. The Hall–Kier alpha value is -2.00. The number of benzene rings is 2. The number of rotatable bonds is 5. The van der Waals surface area contributed by atoms with Gasteiger partial charge in [-0.05, 0) is 37.3 Å². The van der Waals surface area contributed by atoms with Crippen molar-refractivity contribution in [3.8, 4) is 0 Å². The smallest absolute Gasteiger partial charge is 0.255 e. The van der Waals surface area contributed by atoms with Crippen LogP contribution in [0.4, 0.5) is 0 Å². The van der Waals surface area contributed by atoms with Crippen LogP contribution in [0.15, 0.2) is 47.4 Å². The first-order valence-corrected chi connectivity index (χ1v) is 11.1. The van der Waals surface area contributed by atoms with Crippen LogP contribution in [0.2, 0.25) is 5.02 Å². The van der Waals surface area contributed by atoms with E-state index in [1.807, 2.05) is 31.2 Å². The molecule has 9 heteroatoms. The molecule has 1 aromatic heterocycles. The highest BCUT2D eigenvalue weighted by molar-refractivity contribution is 7.89. The summed E-state index contributed by atoms with van der Waals surface area (Å²) in [7, 11) is 0.858. The molecule has 1 amide bonds. The van der Waals surface area contributed by atoms with Gasteiger partial charge in [-0.1, -0.05) is 23.7 Å². The van der Waals surface area contributed by atoms with Crippen LogP contribution in [0.3, 0.4) is 0 Å². The second kappa shape index (κ2) is 7.79. The Kier molecular flexibility index (Phi) is 5.77. The number of hydrogen-bond donors (Lipinski definition) is 0. The van der Waals surface area contributed by atoms with E-state index >= 15 is 0 Å². The van der Waals surface area contributed by atoms with Gasteiger partial charge in [0.2, 0.25) is 10.0 Å². The minimum absolute atomic E-state index is 0.0197. The van der Waals surface area contributed by atoms with Gasteiger partial charge in [-0.15, -0.1) is 11.3 Å². The molecule has 0 N–H and O–H groups in total. The van der Waals surface area contributed by atoms with Gasteiger partial charge in [0, 0.05) is 21.1 Å². The van der Waals surface area contributed by atoms with Crippen LogP contribution in [0.5, 0.6) is 0 Å². The lowest BCUT2D eigenvalue weighted by molar-refractivity contribution is 0.0742. The molecule has 3 aromatic rings. The number of para-hydroxylation sites is 1. The van der Waals surface area contributed by atoms with Gasteiger partial charge in [0.1, 0.15) is 5.01 Å². The number of nitrogens with zero attached hydrogens (tertiary/aromatic N) is 3. The Morgan fingerprint density at radius 3 is 2.46 bits per heavy atom. The van der Waals surface area contributed by atoms with E-state index in [4.69, 9.17) is 11.6 Å². The summed E-state index contributed by atoms with van der Waals surface area (Å²) in [6, 6.07) is 11.6. The molecule has 28 heavy (non-hydrogen) atoms. The molecule has 0 unspecified atom stereocenters. The fourth-order valence-corrected chi connectivity index (χ4v) is 4.83. The second-order valence-corrected chi connectivity index (χ2v) is 10.2. The summed E-state index contributed by atoms with van der Waals surface area (Å²) in [6.45, 7) is 1.88. The Bertz CT molecular complexity index is 1110. The molecular formula is C19H20ClN3O3S2. The molecule has 6 nitrogen and oxygen atoms in total. The molecule has 0 saturated carbocycles. The number of thiazole rings is 1. The van der Waals surface area contributed by atoms with Crippen molar-refractivity contribution < 1.29 is 13.2 Å². The maximum absolute atomic E-state index is 13.1. The molecule has 148 valence electrons. The molecule has 0 spiro atoms. The lowest BCUT2D eigenvalue weighted by atomic mass is 10.1. The van der Waals surface area contributed by atoms with E-state index in [9.17, 15) is 13.2 Å². The van der Waals surface area contributed by atoms with Gasteiger partial charge >= 0.3 is 0 Å². The van der Waals surface area contributed by atoms with Crippen LogP contribution < -0.4 is 0 Å². The first-order valence-electron chi connectivity index (χ1n) is 8.47. The molecule has 0 aliphatic rings. The normalized spacial score (nSPS) is 13.1. The van der Waals surface area contributed by atoms with Crippen molar-refractivity contribution in [2.75, 3.05) is 21.1 Å². The minimum Gasteiger partial charge on any atom is -0.332 e. The SMILES string of the molecule is C[C@@H](c1nc2ccccc2s1)N(C)C(=O)c1cc(S(=O)(=O)N(C)C)ccc1Cl. The number of amides is 1. The van der Waals surface area contributed by atoms with Gasteiger partial charge in [0.15, 0.2) is 0 Å². The van der Waals surface area contributed by atoms with Gasteiger partial charge in [-0.2, -0.15) is 0 Å². The molecular weight excluding hydrogens is 418 g/mol. The number of sulfonamides is 1. The van der Waals surface area contributed by atoms with E-state index in [1.54, 1.807) is 7.05 Å². The van der Waals surface area contributed by atoms with Crippen LogP contribution in [0, 0.1) is 0 Å². The number of fused-ring (bicyclic) bond motifs is 1. The summed E-state index contributed by atoms with van der Waals surface area (Å²) >= 11 is 7.73. The number of halogens is 1. The highest BCUT2D eigenvalue weighted by atomic mass is 35.5. The van der Waals surface area contributed by atoms with Crippen molar-refractivity contribution in [2.24, 2.45) is 0 Å². The summed E-state index contributed by atoms with van der Waals surface area (Å²) < 4.78 is 26.9. The summed E-state index contributed by atoms with van der Waals surface area (Å²) in [5, 5.41) is 0.997. The highest BCUT2D eigenvalue weighted by Gasteiger charge is 2.26. The first kappa shape index (κ1) is 20.7. The fourth-order valence-electron chi connectivity index (χ4n) is 2.64. The molecule has 0 fully saturated rings. The van der Waals surface area contributed by atoms with Gasteiger partial charge in [-0.3, -0.25) is 4.79 Å². The van der Waals surface area contributed by atoms with Crippen LogP contribution >= 0.6 is 22.9 Å². The third kappa shape index (κ3) is 3.77. The Morgan fingerprint density at radius 2 is 1.82 bits per heavy atom. The number of carbonyl (C=O) groups excluding carboxylic acids is 1. The molecule has 0 aliphatic heterocycles. The average molecular weight is 438 g/mol. The number of aromatic nitrogens is 1.